The highest BCUT2D eigenvalue weighted by molar-refractivity contribution is 6.76. The Bertz CT molecular complexity index is 1020. The number of nitrogens with zero attached hydrogens (tertiary/aromatic N) is 2. The van der Waals surface area contributed by atoms with Gasteiger partial charge in [-0.05, 0) is 35.7 Å². The van der Waals surface area contributed by atoms with Gasteiger partial charge in [-0.3, -0.25) is 0 Å². The molecule has 8 heteroatoms. The van der Waals surface area contributed by atoms with Gasteiger partial charge < -0.3 is 24.5 Å². The third-order valence-corrected chi connectivity index (χ3v) is 6.82. The fourth-order valence-corrected chi connectivity index (χ4v) is 4.00. The first-order chi connectivity index (χ1) is 15.4. The first kappa shape index (κ1) is 24.0. The Hall–Kier alpha value is -2.68. The summed E-state index contributed by atoms with van der Waals surface area (Å²) in [6.45, 7) is 8.55. The number of carbonyl (C=O) groups is 1. The number of rotatable bonds is 11. The molecule has 0 aliphatic heterocycles. The van der Waals surface area contributed by atoms with Gasteiger partial charge in [0.05, 0.1) is 17.6 Å². The molecule has 1 amide bonds. The van der Waals surface area contributed by atoms with Gasteiger partial charge in [0.1, 0.15) is 19.2 Å². The maximum atomic E-state index is 12.2. The zero-order chi connectivity index (χ0) is 23.0. The van der Waals surface area contributed by atoms with Crippen molar-refractivity contribution in [3.05, 3.63) is 65.5 Å². The fraction of sp³-hybridized carbons (Fsp3) is 0.417. The number of fused-ring (bicyclic) bond motifs is 1. The van der Waals surface area contributed by atoms with Crippen molar-refractivity contribution in [1.29, 1.82) is 0 Å². The Kier molecular flexibility index (Phi) is 8.44. The summed E-state index contributed by atoms with van der Waals surface area (Å²) >= 11 is 0. The van der Waals surface area contributed by atoms with Crippen molar-refractivity contribution < 1.29 is 19.4 Å². The molecule has 0 unspecified atom stereocenters. The summed E-state index contributed by atoms with van der Waals surface area (Å²) in [6, 6.07) is 16.6. The Morgan fingerprint density at radius 3 is 2.62 bits per heavy atom. The molecule has 172 valence electrons. The second kappa shape index (κ2) is 11.3. The quantitative estimate of drug-likeness (QED) is 0.332. The van der Waals surface area contributed by atoms with E-state index in [1.807, 2.05) is 53.1 Å². The first-order valence-corrected chi connectivity index (χ1v) is 14.7. The standard InChI is InChI=1S/C24H33N3O4Si/c1-32(2,3)14-13-30-18-27-22-15-19(11-12-28)9-10-21(22)26-23(27)16-25-24(29)31-17-20-7-5-4-6-8-20/h4-10,15,28H,11-14,16-18H2,1-3H3,(H,25,29). The van der Waals surface area contributed by atoms with Gasteiger partial charge in [-0.25, -0.2) is 9.78 Å². The molecule has 0 bridgehead atoms. The number of aromatic nitrogens is 2. The number of ether oxygens (including phenoxy) is 2. The van der Waals surface area contributed by atoms with E-state index in [4.69, 9.17) is 14.5 Å². The minimum Gasteiger partial charge on any atom is -0.445 e. The molecule has 0 fully saturated rings. The number of imidazole rings is 1. The first-order valence-electron chi connectivity index (χ1n) is 11.0. The normalized spacial score (nSPS) is 11.6. The van der Waals surface area contributed by atoms with Crippen LogP contribution in [0.15, 0.2) is 48.5 Å². The molecule has 2 aromatic carbocycles. The molecule has 3 aromatic rings. The third kappa shape index (κ3) is 7.18. The molecular formula is C24H33N3O4Si. The second-order valence-corrected chi connectivity index (χ2v) is 14.6. The smallest absolute Gasteiger partial charge is 0.407 e. The third-order valence-electron chi connectivity index (χ3n) is 5.11. The summed E-state index contributed by atoms with van der Waals surface area (Å²) in [5, 5.41) is 12.1. The lowest BCUT2D eigenvalue weighted by atomic mass is 10.1. The van der Waals surface area contributed by atoms with Gasteiger partial charge in [-0.15, -0.1) is 0 Å². The lowest BCUT2D eigenvalue weighted by Gasteiger charge is -2.16. The Balaban J connectivity index is 1.68. The van der Waals surface area contributed by atoms with Crippen LogP contribution in [0.2, 0.25) is 25.7 Å². The molecule has 3 rings (SSSR count). The molecule has 0 aliphatic rings. The summed E-state index contributed by atoms with van der Waals surface area (Å²) in [7, 11) is -1.18. The molecule has 0 saturated heterocycles. The Morgan fingerprint density at radius 1 is 1.12 bits per heavy atom. The predicted octanol–water partition coefficient (Wildman–Crippen LogP) is 4.31. The molecule has 1 aromatic heterocycles. The number of hydrogen-bond acceptors (Lipinski definition) is 5. The van der Waals surface area contributed by atoms with E-state index >= 15 is 0 Å². The van der Waals surface area contributed by atoms with E-state index < -0.39 is 14.2 Å². The van der Waals surface area contributed by atoms with Gasteiger partial charge in [0.25, 0.3) is 0 Å². The molecule has 1 heterocycles. The van der Waals surface area contributed by atoms with Crippen LogP contribution in [0.4, 0.5) is 4.79 Å². The van der Waals surface area contributed by atoms with Gasteiger partial charge in [0, 0.05) is 21.3 Å². The zero-order valence-electron chi connectivity index (χ0n) is 19.1. The second-order valence-electron chi connectivity index (χ2n) is 9.02. The maximum Gasteiger partial charge on any atom is 0.407 e. The van der Waals surface area contributed by atoms with E-state index in [1.54, 1.807) is 0 Å². The number of benzene rings is 2. The largest absolute Gasteiger partial charge is 0.445 e. The molecule has 32 heavy (non-hydrogen) atoms. The lowest BCUT2D eigenvalue weighted by Crippen LogP contribution is -2.26. The summed E-state index contributed by atoms with van der Waals surface area (Å²) < 4.78 is 13.3. The fourth-order valence-electron chi connectivity index (χ4n) is 3.24. The van der Waals surface area contributed by atoms with E-state index in [9.17, 15) is 9.90 Å². The summed E-state index contributed by atoms with van der Waals surface area (Å²) in [5.41, 5.74) is 3.72. The highest BCUT2D eigenvalue weighted by Gasteiger charge is 2.15. The molecule has 2 N–H and O–H groups in total. The minimum absolute atomic E-state index is 0.0913. The van der Waals surface area contributed by atoms with Gasteiger partial charge >= 0.3 is 6.09 Å². The molecular weight excluding hydrogens is 422 g/mol. The van der Waals surface area contributed by atoms with Crippen LogP contribution in [0, 0.1) is 0 Å². The Labute approximate surface area is 190 Å². The molecule has 0 aliphatic carbocycles. The van der Waals surface area contributed by atoms with Crippen LogP contribution in [0.1, 0.15) is 17.0 Å². The molecule has 0 spiro atoms. The number of aliphatic hydroxyl groups excluding tert-OH is 1. The Morgan fingerprint density at radius 2 is 1.91 bits per heavy atom. The van der Waals surface area contributed by atoms with E-state index in [0.29, 0.717) is 25.6 Å². The van der Waals surface area contributed by atoms with Gasteiger partial charge in [0.2, 0.25) is 0 Å². The predicted molar refractivity (Wildman–Crippen MR) is 128 cm³/mol. The molecule has 0 radical (unpaired) electrons. The van der Waals surface area contributed by atoms with E-state index in [0.717, 1.165) is 28.2 Å². The maximum absolute atomic E-state index is 12.2. The van der Waals surface area contributed by atoms with Crippen molar-refractivity contribution >= 4 is 25.2 Å². The number of amides is 1. The van der Waals surface area contributed by atoms with Crippen molar-refractivity contribution in [3.8, 4) is 0 Å². The van der Waals surface area contributed by atoms with Gasteiger partial charge in [-0.1, -0.05) is 56.0 Å². The van der Waals surface area contributed by atoms with Crippen molar-refractivity contribution in [3.63, 3.8) is 0 Å². The topological polar surface area (TPSA) is 85.6 Å². The number of alkyl carbamates (subject to hydrolysis) is 1. The average molecular weight is 456 g/mol. The van der Waals surface area contributed by atoms with E-state index in [1.165, 1.54) is 0 Å². The van der Waals surface area contributed by atoms with Crippen LogP contribution < -0.4 is 5.32 Å². The van der Waals surface area contributed by atoms with Crippen LogP contribution in [-0.2, 0) is 35.8 Å². The molecule has 7 nitrogen and oxygen atoms in total. The number of hydrogen-bond donors (Lipinski definition) is 2. The van der Waals surface area contributed by atoms with Crippen LogP contribution in [0.25, 0.3) is 11.0 Å². The number of aliphatic hydroxyl groups is 1. The SMILES string of the molecule is C[Si](C)(C)CCOCn1c(CNC(=O)OCc2ccccc2)nc2ccc(CCO)cc21. The van der Waals surface area contributed by atoms with Crippen molar-refractivity contribution in [1.82, 2.24) is 14.9 Å². The van der Waals surface area contributed by atoms with Crippen molar-refractivity contribution in [2.45, 2.75) is 52.0 Å². The van der Waals surface area contributed by atoms with Gasteiger partial charge in [0.15, 0.2) is 0 Å². The van der Waals surface area contributed by atoms with Crippen LogP contribution in [0.3, 0.4) is 0 Å². The lowest BCUT2D eigenvalue weighted by molar-refractivity contribution is 0.0873. The van der Waals surface area contributed by atoms with Crippen LogP contribution in [-0.4, -0.2) is 42.0 Å². The number of nitrogens with one attached hydrogen (secondary N) is 1. The summed E-state index contributed by atoms with van der Waals surface area (Å²) in [6.07, 6.45) is 0.0878. The highest BCUT2D eigenvalue weighted by atomic mass is 28.3. The summed E-state index contributed by atoms with van der Waals surface area (Å²) in [4.78, 5) is 16.9. The zero-order valence-corrected chi connectivity index (χ0v) is 20.1. The monoisotopic (exact) mass is 455 g/mol. The molecule has 0 atom stereocenters. The van der Waals surface area contributed by atoms with Crippen molar-refractivity contribution in [2.75, 3.05) is 13.2 Å². The van der Waals surface area contributed by atoms with Crippen molar-refractivity contribution in [2.24, 2.45) is 0 Å². The highest BCUT2D eigenvalue weighted by Crippen LogP contribution is 2.19. The summed E-state index contributed by atoms with van der Waals surface area (Å²) in [5.74, 6) is 0.700. The average Bonchev–Trinajstić information content (AvgIpc) is 3.11. The minimum atomic E-state index is -1.18. The number of carbonyl (C=O) groups excluding carboxylic acids is 1. The van der Waals surface area contributed by atoms with Crippen LogP contribution in [0.5, 0.6) is 0 Å². The van der Waals surface area contributed by atoms with E-state index in [-0.39, 0.29) is 19.8 Å². The van der Waals surface area contributed by atoms with E-state index in [2.05, 4.69) is 25.0 Å². The van der Waals surface area contributed by atoms with Crippen LogP contribution >= 0.6 is 0 Å². The molecule has 0 saturated carbocycles. The van der Waals surface area contributed by atoms with Gasteiger partial charge in [-0.2, -0.15) is 0 Å².